The van der Waals surface area contributed by atoms with Gasteiger partial charge in [-0.1, -0.05) is 37.3 Å². The second kappa shape index (κ2) is 10.1. The van der Waals surface area contributed by atoms with Gasteiger partial charge in [-0.15, -0.1) is 11.3 Å². The van der Waals surface area contributed by atoms with Gasteiger partial charge in [0.15, 0.2) is 0 Å². The van der Waals surface area contributed by atoms with Gasteiger partial charge in [0.05, 0.1) is 30.2 Å². The highest BCUT2D eigenvalue weighted by atomic mass is 32.1. The summed E-state index contributed by atoms with van der Waals surface area (Å²) in [5.74, 6) is 1.29. The molecule has 0 spiro atoms. The van der Waals surface area contributed by atoms with Crippen LogP contribution in [0.4, 0.5) is 0 Å². The zero-order chi connectivity index (χ0) is 23.6. The molecule has 4 rings (SSSR count). The van der Waals surface area contributed by atoms with Gasteiger partial charge in [0.2, 0.25) is 0 Å². The van der Waals surface area contributed by atoms with E-state index in [-0.39, 0.29) is 17.8 Å². The summed E-state index contributed by atoms with van der Waals surface area (Å²) < 4.78 is 5.78. The Morgan fingerprint density at radius 2 is 2.03 bits per heavy atom. The summed E-state index contributed by atoms with van der Waals surface area (Å²) in [6, 6.07) is 10.1. The van der Waals surface area contributed by atoms with Crippen molar-refractivity contribution in [2.24, 2.45) is 5.92 Å². The van der Waals surface area contributed by atoms with Crippen molar-refractivity contribution in [2.75, 3.05) is 13.2 Å². The fraction of sp³-hybridized carbons (Fsp3) is 0.538. The number of fused-ring (bicyclic) bond motifs is 3. The number of benzene rings is 1. The van der Waals surface area contributed by atoms with Gasteiger partial charge in [0.1, 0.15) is 10.7 Å². The number of hydrogen-bond donors (Lipinski definition) is 2. The summed E-state index contributed by atoms with van der Waals surface area (Å²) in [4.78, 5) is 25.2. The van der Waals surface area contributed by atoms with E-state index < -0.39 is 6.10 Å². The number of H-pyrrole nitrogens is 1. The van der Waals surface area contributed by atoms with Crippen LogP contribution in [-0.2, 0) is 30.7 Å². The highest BCUT2D eigenvalue weighted by Crippen LogP contribution is 2.35. The van der Waals surface area contributed by atoms with E-state index in [2.05, 4.69) is 28.9 Å². The van der Waals surface area contributed by atoms with Crippen molar-refractivity contribution < 1.29 is 9.84 Å². The van der Waals surface area contributed by atoms with Crippen LogP contribution in [-0.4, -0.2) is 44.8 Å². The van der Waals surface area contributed by atoms with Crippen LogP contribution in [0.2, 0.25) is 0 Å². The summed E-state index contributed by atoms with van der Waals surface area (Å²) in [6.45, 7) is 9.98. The Hall–Kier alpha value is -2.06. The molecule has 2 N–H and O–H groups in total. The van der Waals surface area contributed by atoms with Crippen molar-refractivity contribution in [3.05, 3.63) is 62.5 Å². The number of hydrogen-bond acceptors (Lipinski definition) is 6. The number of aromatic nitrogens is 2. The minimum Gasteiger partial charge on any atom is -0.389 e. The van der Waals surface area contributed by atoms with Crippen molar-refractivity contribution in [2.45, 2.75) is 71.8 Å². The van der Waals surface area contributed by atoms with Crippen LogP contribution >= 0.6 is 11.3 Å². The lowest BCUT2D eigenvalue weighted by Crippen LogP contribution is -2.37. The molecule has 0 saturated heterocycles. The number of ether oxygens (including phenoxy) is 1. The maximum Gasteiger partial charge on any atom is 0.259 e. The second-order valence-electron chi connectivity index (χ2n) is 10.3. The minimum absolute atomic E-state index is 0.0432. The van der Waals surface area contributed by atoms with E-state index in [1.165, 1.54) is 10.4 Å². The van der Waals surface area contributed by atoms with Crippen LogP contribution in [0, 0.1) is 5.92 Å². The first-order chi connectivity index (χ1) is 15.7. The largest absolute Gasteiger partial charge is 0.389 e. The minimum atomic E-state index is -0.640. The van der Waals surface area contributed by atoms with Crippen molar-refractivity contribution in [3.63, 3.8) is 0 Å². The number of aromatic amines is 1. The first-order valence-corrected chi connectivity index (χ1v) is 12.6. The van der Waals surface area contributed by atoms with Crippen LogP contribution in [0.3, 0.4) is 0 Å². The van der Waals surface area contributed by atoms with E-state index in [9.17, 15) is 9.90 Å². The fourth-order valence-corrected chi connectivity index (χ4v) is 5.81. The Balaban J connectivity index is 1.56. The number of nitrogens with zero attached hydrogens (tertiary/aromatic N) is 2. The normalized spacial score (nSPS) is 17.5. The predicted molar refractivity (Wildman–Crippen MR) is 134 cm³/mol. The van der Waals surface area contributed by atoms with Gasteiger partial charge in [-0.25, -0.2) is 4.98 Å². The summed E-state index contributed by atoms with van der Waals surface area (Å²) in [6.07, 6.45) is 2.48. The molecule has 2 aromatic heterocycles. The molecule has 0 fully saturated rings. The SMILES string of the molecule is C[C@H]1CCc2c(sc3nc(CN(Cc4ccccc4)C[C@H](O)COC(C)(C)C)[nH]c(=O)c23)C1. The first kappa shape index (κ1) is 24.1. The van der Waals surface area contributed by atoms with Crippen LogP contribution in [0.15, 0.2) is 35.1 Å². The number of nitrogens with one attached hydrogen (secondary N) is 1. The summed E-state index contributed by atoms with van der Waals surface area (Å²) in [5.41, 5.74) is 1.99. The van der Waals surface area contributed by atoms with Gasteiger partial charge in [-0.2, -0.15) is 0 Å². The molecule has 0 saturated carbocycles. The lowest BCUT2D eigenvalue weighted by molar-refractivity contribution is -0.0574. The maximum atomic E-state index is 13.0. The summed E-state index contributed by atoms with van der Waals surface area (Å²) in [5, 5.41) is 11.4. The van der Waals surface area contributed by atoms with E-state index in [1.807, 2.05) is 39.0 Å². The number of thiophene rings is 1. The summed E-state index contributed by atoms with van der Waals surface area (Å²) in [7, 11) is 0. The average Bonchev–Trinajstić information content (AvgIpc) is 3.10. The van der Waals surface area contributed by atoms with Crippen molar-refractivity contribution in [3.8, 4) is 0 Å². The Morgan fingerprint density at radius 3 is 2.76 bits per heavy atom. The van der Waals surface area contributed by atoms with Crippen molar-refractivity contribution >= 4 is 21.6 Å². The monoisotopic (exact) mass is 469 g/mol. The Kier molecular flexibility index (Phi) is 7.34. The third kappa shape index (κ3) is 6.29. The van der Waals surface area contributed by atoms with Gasteiger partial charge in [-0.3, -0.25) is 9.69 Å². The molecule has 0 aliphatic heterocycles. The molecule has 3 aromatic rings. The lowest BCUT2D eigenvalue weighted by Gasteiger charge is -2.27. The Morgan fingerprint density at radius 1 is 1.27 bits per heavy atom. The average molecular weight is 470 g/mol. The molecule has 0 amide bonds. The van der Waals surface area contributed by atoms with Crippen LogP contribution in [0.1, 0.15) is 55.9 Å². The Bertz CT molecular complexity index is 1130. The zero-order valence-electron chi connectivity index (χ0n) is 20.1. The quantitative estimate of drug-likeness (QED) is 0.515. The molecule has 1 aliphatic carbocycles. The summed E-state index contributed by atoms with van der Waals surface area (Å²) >= 11 is 1.67. The molecule has 0 unspecified atom stereocenters. The first-order valence-electron chi connectivity index (χ1n) is 11.8. The highest BCUT2D eigenvalue weighted by Gasteiger charge is 2.24. The van der Waals surface area contributed by atoms with E-state index in [4.69, 9.17) is 9.72 Å². The van der Waals surface area contributed by atoms with Gasteiger partial charge < -0.3 is 14.8 Å². The van der Waals surface area contributed by atoms with E-state index >= 15 is 0 Å². The highest BCUT2D eigenvalue weighted by molar-refractivity contribution is 7.18. The van der Waals surface area contributed by atoms with Crippen molar-refractivity contribution in [1.82, 2.24) is 14.9 Å². The number of rotatable bonds is 8. The molecule has 178 valence electrons. The van der Waals surface area contributed by atoms with Crippen molar-refractivity contribution in [1.29, 1.82) is 0 Å². The predicted octanol–water partition coefficient (Wildman–Crippen LogP) is 4.29. The molecule has 2 atom stereocenters. The molecular formula is C26H35N3O3S. The van der Waals surface area contributed by atoms with E-state index in [0.717, 1.165) is 35.0 Å². The molecule has 2 heterocycles. The second-order valence-corrected chi connectivity index (χ2v) is 11.4. The Labute approximate surface area is 199 Å². The smallest absolute Gasteiger partial charge is 0.259 e. The number of aryl methyl sites for hydroxylation is 1. The van der Waals surface area contributed by atoms with Gasteiger partial charge in [-0.05, 0) is 57.1 Å². The standard InChI is InChI=1S/C26H35N3O3S/c1-17-10-11-20-21(12-17)33-25-23(20)24(31)27-22(28-25)15-29(13-18-8-6-5-7-9-18)14-19(30)16-32-26(2,3)4/h5-9,17,19,30H,10-16H2,1-4H3,(H,27,28,31)/t17-,19-/m0/s1. The third-order valence-electron chi connectivity index (χ3n) is 6.01. The molecule has 0 bridgehead atoms. The lowest BCUT2D eigenvalue weighted by atomic mass is 9.89. The van der Waals surface area contributed by atoms with Gasteiger partial charge in [0, 0.05) is 18.0 Å². The number of aliphatic hydroxyl groups excluding tert-OH is 1. The molecule has 6 nitrogen and oxygen atoms in total. The number of aliphatic hydroxyl groups is 1. The molecule has 33 heavy (non-hydrogen) atoms. The molecule has 1 aliphatic rings. The van der Waals surface area contributed by atoms with Gasteiger partial charge in [0.25, 0.3) is 5.56 Å². The zero-order valence-corrected chi connectivity index (χ0v) is 20.9. The maximum absolute atomic E-state index is 13.0. The van der Waals surface area contributed by atoms with Crippen LogP contribution in [0.25, 0.3) is 10.2 Å². The van der Waals surface area contributed by atoms with E-state index in [1.54, 1.807) is 11.3 Å². The molecule has 0 radical (unpaired) electrons. The molecule has 7 heteroatoms. The fourth-order valence-electron chi connectivity index (χ4n) is 4.40. The van der Waals surface area contributed by atoms with E-state index in [0.29, 0.717) is 31.4 Å². The van der Waals surface area contributed by atoms with Crippen LogP contribution in [0.5, 0.6) is 0 Å². The molecule has 1 aromatic carbocycles. The van der Waals surface area contributed by atoms with Crippen LogP contribution < -0.4 is 5.56 Å². The molecular weight excluding hydrogens is 434 g/mol. The topological polar surface area (TPSA) is 78.5 Å². The third-order valence-corrected chi connectivity index (χ3v) is 7.16. The van der Waals surface area contributed by atoms with Gasteiger partial charge >= 0.3 is 0 Å².